The van der Waals surface area contributed by atoms with E-state index < -0.39 is 5.97 Å². The maximum absolute atomic E-state index is 10.6. The Balaban J connectivity index is 2.33. The Labute approximate surface area is 77.8 Å². The summed E-state index contributed by atoms with van der Waals surface area (Å²) in [7, 11) is 1.67. The van der Waals surface area contributed by atoms with Gasteiger partial charge >= 0.3 is 5.97 Å². The topological polar surface area (TPSA) is 49.8 Å². The SMILES string of the molecule is COCCN1CC=C(C(=O)O)CC1. The average molecular weight is 185 g/mol. The summed E-state index contributed by atoms with van der Waals surface area (Å²) in [6.07, 6.45) is 2.42. The molecule has 0 spiro atoms. The second-order valence-corrected chi connectivity index (χ2v) is 3.08. The zero-order valence-corrected chi connectivity index (χ0v) is 7.82. The van der Waals surface area contributed by atoms with Crippen molar-refractivity contribution in [3.8, 4) is 0 Å². The van der Waals surface area contributed by atoms with Crippen LogP contribution in [0.2, 0.25) is 0 Å². The summed E-state index contributed by atoms with van der Waals surface area (Å²) in [4.78, 5) is 12.7. The Morgan fingerprint density at radius 2 is 2.54 bits per heavy atom. The van der Waals surface area contributed by atoms with Crippen molar-refractivity contribution in [2.24, 2.45) is 0 Å². The molecule has 0 aromatic carbocycles. The summed E-state index contributed by atoms with van der Waals surface area (Å²) in [6.45, 7) is 3.13. The van der Waals surface area contributed by atoms with Crippen molar-refractivity contribution in [3.05, 3.63) is 11.6 Å². The van der Waals surface area contributed by atoms with Crippen LogP contribution in [-0.2, 0) is 9.53 Å². The van der Waals surface area contributed by atoms with Gasteiger partial charge in [-0.1, -0.05) is 6.08 Å². The first kappa shape index (κ1) is 10.2. The van der Waals surface area contributed by atoms with Crippen LogP contribution in [0.1, 0.15) is 6.42 Å². The molecule has 4 nitrogen and oxygen atoms in total. The number of carboxylic acids is 1. The lowest BCUT2D eigenvalue weighted by Gasteiger charge is -2.24. The zero-order chi connectivity index (χ0) is 9.68. The largest absolute Gasteiger partial charge is 0.478 e. The predicted octanol–water partition coefficient (Wildman–Crippen LogP) is 0.349. The summed E-state index contributed by atoms with van der Waals surface area (Å²) in [5, 5.41) is 8.69. The summed E-state index contributed by atoms with van der Waals surface area (Å²) in [5.74, 6) is -0.786. The van der Waals surface area contributed by atoms with Gasteiger partial charge in [-0.25, -0.2) is 4.79 Å². The molecule has 0 fully saturated rings. The number of aliphatic carboxylic acids is 1. The molecule has 0 saturated carbocycles. The van der Waals surface area contributed by atoms with Gasteiger partial charge in [0.05, 0.1) is 6.61 Å². The Bertz CT molecular complexity index is 213. The van der Waals surface area contributed by atoms with Crippen molar-refractivity contribution in [2.75, 3.05) is 33.4 Å². The van der Waals surface area contributed by atoms with Crippen LogP contribution in [0.5, 0.6) is 0 Å². The number of hydrogen-bond acceptors (Lipinski definition) is 3. The maximum Gasteiger partial charge on any atom is 0.331 e. The molecule has 0 aromatic rings. The number of carboxylic acid groups (broad SMARTS) is 1. The average Bonchev–Trinajstić information content (AvgIpc) is 2.15. The first-order chi connectivity index (χ1) is 6.24. The van der Waals surface area contributed by atoms with E-state index in [2.05, 4.69) is 4.90 Å². The molecule has 74 valence electrons. The van der Waals surface area contributed by atoms with Crippen LogP contribution in [-0.4, -0.2) is 49.3 Å². The van der Waals surface area contributed by atoms with Crippen LogP contribution >= 0.6 is 0 Å². The molecule has 0 radical (unpaired) electrons. The minimum Gasteiger partial charge on any atom is -0.478 e. The number of rotatable bonds is 4. The van der Waals surface area contributed by atoms with Crippen molar-refractivity contribution >= 4 is 5.97 Å². The van der Waals surface area contributed by atoms with Crippen LogP contribution in [0.3, 0.4) is 0 Å². The number of hydrogen-bond donors (Lipinski definition) is 1. The summed E-state index contributed by atoms with van der Waals surface area (Å²) in [6, 6.07) is 0. The number of nitrogens with zero attached hydrogens (tertiary/aromatic N) is 1. The Morgan fingerprint density at radius 1 is 1.77 bits per heavy atom. The van der Waals surface area contributed by atoms with Crippen LogP contribution in [0.4, 0.5) is 0 Å². The van der Waals surface area contributed by atoms with E-state index in [-0.39, 0.29) is 0 Å². The monoisotopic (exact) mass is 185 g/mol. The van der Waals surface area contributed by atoms with Crippen LogP contribution in [0, 0.1) is 0 Å². The van der Waals surface area contributed by atoms with Crippen LogP contribution in [0.15, 0.2) is 11.6 Å². The predicted molar refractivity (Wildman–Crippen MR) is 48.7 cm³/mol. The fourth-order valence-corrected chi connectivity index (χ4v) is 1.33. The maximum atomic E-state index is 10.6. The first-order valence-corrected chi connectivity index (χ1v) is 4.37. The van der Waals surface area contributed by atoms with Crippen molar-refractivity contribution in [1.82, 2.24) is 4.90 Å². The van der Waals surface area contributed by atoms with Gasteiger partial charge in [0.25, 0.3) is 0 Å². The Kier molecular flexibility index (Phi) is 3.92. The van der Waals surface area contributed by atoms with Gasteiger partial charge in [0.2, 0.25) is 0 Å². The van der Waals surface area contributed by atoms with E-state index in [1.54, 1.807) is 13.2 Å². The quantitative estimate of drug-likeness (QED) is 0.686. The summed E-state index contributed by atoms with van der Waals surface area (Å²) >= 11 is 0. The van der Waals surface area contributed by atoms with E-state index >= 15 is 0 Å². The molecule has 0 aromatic heterocycles. The molecule has 0 saturated heterocycles. The van der Waals surface area contributed by atoms with Crippen molar-refractivity contribution in [3.63, 3.8) is 0 Å². The molecule has 1 rings (SSSR count). The summed E-state index contributed by atoms with van der Waals surface area (Å²) in [5.41, 5.74) is 0.536. The number of ether oxygens (including phenoxy) is 1. The lowest BCUT2D eigenvalue weighted by molar-refractivity contribution is -0.133. The third-order valence-electron chi connectivity index (χ3n) is 2.18. The van der Waals surface area contributed by atoms with E-state index in [0.717, 1.165) is 19.6 Å². The van der Waals surface area contributed by atoms with E-state index in [0.29, 0.717) is 18.6 Å². The van der Waals surface area contributed by atoms with Crippen molar-refractivity contribution in [2.45, 2.75) is 6.42 Å². The highest BCUT2D eigenvalue weighted by Gasteiger charge is 2.15. The van der Waals surface area contributed by atoms with Gasteiger partial charge in [0.15, 0.2) is 0 Å². The Morgan fingerprint density at radius 3 is 3.00 bits per heavy atom. The fourth-order valence-electron chi connectivity index (χ4n) is 1.33. The van der Waals surface area contributed by atoms with Gasteiger partial charge in [-0.05, 0) is 6.42 Å². The third kappa shape index (κ3) is 3.16. The molecule has 0 aliphatic carbocycles. The second-order valence-electron chi connectivity index (χ2n) is 3.08. The molecular formula is C9H15NO3. The van der Waals surface area contributed by atoms with Gasteiger partial charge in [-0.15, -0.1) is 0 Å². The molecule has 0 unspecified atom stereocenters. The minimum absolute atomic E-state index is 0.536. The fraction of sp³-hybridized carbons (Fsp3) is 0.667. The molecule has 0 bridgehead atoms. The molecule has 1 N–H and O–H groups in total. The van der Waals surface area contributed by atoms with Gasteiger partial charge < -0.3 is 9.84 Å². The normalized spacial score (nSPS) is 18.4. The lowest BCUT2D eigenvalue weighted by atomic mass is 10.1. The highest BCUT2D eigenvalue weighted by molar-refractivity contribution is 5.86. The molecule has 1 heterocycles. The smallest absolute Gasteiger partial charge is 0.331 e. The number of methoxy groups -OCH3 is 1. The molecule has 0 amide bonds. The Hall–Kier alpha value is -0.870. The van der Waals surface area contributed by atoms with Crippen LogP contribution < -0.4 is 0 Å². The molecule has 13 heavy (non-hydrogen) atoms. The molecule has 4 heteroatoms. The third-order valence-corrected chi connectivity index (χ3v) is 2.18. The standard InChI is InChI=1S/C9H15NO3/c1-13-7-6-10-4-2-8(3-5-10)9(11)12/h2H,3-7H2,1H3,(H,11,12). The molecule has 1 aliphatic heterocycles. The van der Waals surface area contributed by atoms with E-state index in [1.165, 1.54) is 0 Å². The van der Waals surface area contributed by atoms with Gasteiger partial charge in [0.1, 0.15) is 0 Å². The van der Waals surface area contributed by atoms with Gasteiger partial charge in [-0.2, -0.15) is 0 Å². The first-order valence-electron chi connectivity index (χ1n) is 4.37. The van der Waals surface area contributed by atoms with E-state index in [9.17, 15) is 4.79 Å². The minimum atomic E-state index is -0.786. The van der Waals surface area contributed by atoms with Crippen molar-refractivity contribution < 1.29 is 14.6 Å². The van der Waals surface area contributed by atoms with Gasteiger partial charge in [-0.3, -0.25) is 4.90 Å². The van der Waals surface area contributed by atoms with Crippen LogP contribution in [0.25, 0.3) is 0 Å². The molecule has 1 aliphatic rings. The highest BCUT2D eigenvalue weighted by atomic mass is 16.5. The van der Waals surface area contributed by atoms with Gasteiger partial charge in [0, 0.05) is 32.3 Å². The van der Waals surface area contributed by atoms with Crippen molar-refractivity contribution in [1.29, 1.82) is 0 Å². The number of carbonyl (C=O) groups is 1. The van der Waals surface area contributed by atoms with E-state index in [1.807, 2.05) is 0 Å². The second kappa shape index (κ2) is 4.99. The van der Waals surface area contributed by atoms with E-state index in [4.69, 9.17) is 9.84 Å². The molecular weight excluding hydrogens is 170 g/mol. The summed E-state index contributed by atoms with van der Waals surface area (Å²) < 4.78 is 4.94. The highest BCUT2D eigenvalue weighted by Crippen LogP contribution is 2.09. The lowest BCUT2D eigenvalue weighted by Crippen LogP contribution is -2.32. The zero-order valence-electron chi connectivity index (χ0n) is 7.82. The molecule has 0 atom stereocenters.